The van der Waals surface area contributed by atoms with E-state index in [1.54, 1.807) is 6.07 Å². The summed E-state index contributed by atoms with van der Waals surface area (Å²) < 4.78 is 11.3. The molecule has 0 radical (unpaired) electrons. The van der Waals surface area contributed by atoms with Crippen molar-refractivity contribution in [2.24, 2.45) is 5.92 Å². The van der Waals surface area contributed by atoms with Crippen molar-refractivity contribution in [3.05, 3.63) is 59.4 Å². The van der Waals surface area contributed by atoms with Gasteiger partial charge < -0.3 is 14.2 Å². The van der Waals surface area contributed by atoms with Crippen molar-refractivity contribution in [1.82, 2.24) is 20.3 Å². The van der Waals surface area contributed by atoms with Crippen LogP contribution in [0.1, 0.15) is 47.4 Å². The highest BCUT2D eigenvalue weighted by molar-refractivity contribution is 5.93. The molecule has 2 aliphatic rings. The third kappa shape index (κ3) is 4.45. The molecule has 1 saturated heterocycles. The number of fused-ring (bicyclic) bond motifs is 1. The Morgan fingerprint density at radius 3 is 2.71 bits per heavy atom. The van der Waals surface area contributed by atoms with Crippen molar-refractivity contribution in [3.63, 3.8) is 0 Å². The molecule has 5 rings (SSSR count). The molecule has 1 aliphatic carbocycles. The van der Waals surface area contributed by atoms with E-state index >= 15 is 0 Å². The predicted octanol–water partition coefficient (Wildman–Crippen LogP) is 3.94. The molecule has 0 saturated carbocycles. The maximum absolute atomic E-state index is 12.8. The van der Waals surface area contributed by atoms with Crippen molar-refractivity contribution >= 4 is 5.91 Å². The van der Waals surface area contributed by atoms with Crippen LogP contribution in [-0.4, -0.2) is 45.9 Å². The van der Waals surface area contributed by atoms with Gasteiger partial charge in [-0.05, 0) is 50.0 Å². The number of likely N-dealkylation sites (tertiary alicyclic amines) is 1. The fourth-order valence-corrected chi connectivity index (χ4v) is 4.32. The smallest absolute Gasteiger partial charge is 0.276 e. The zero-order chi connectivity index (χ0) is 21.0. The number of nitrogens with zero attached hydrogens (tertiary/aromatic N) is 4. The van der Waals surface area contributed by atoms with E-state index in [-0.39, 0.29) is 5.91 Å². The van der Waals surface area contributed by atoms with Crippen LogP contribution in [0.4, 0.5) is 0 Å². The molecule has 2 aromatic heterocycles. The summed E-state index contributed by atoms with van der Waals surface area (Å²) >= 11 is 0. The van der Waals surface area contributed by atoms with Gasteiger partial charge in [0.25, 0.3) is 5.91 Å². The Kier molecular flexibility index (Phi) is 5.65. The van der Waals surface area contributed by atoms with Crippen molar-refractivity contribution < 1.29 is 14.1 Å². The lowest BCUT2D eigenvalue weighted by molar-refractivity contribution is 0.0649. The summed E-state index contributed by atoms with van der Waals surface area (Å²) in [5, 5.41) is 12.6. The molecule has 0 unspecified atom stereocenters. The van der Waals surface area contributed by atoms with Gasteiger partial charge in [-0.3, -0.25) is 4.79 Å². The number of ether oxygens (including phenoxy) is 1. The number of carbonyl (C=O) groups excluding carboxylic acids is 1. The lowest BCUT2D eigenvalue weighted by atomic mass is 9.97. The summed E-state index contributed by atoms with van der Waals surface area (Å²) in [6.45, 7) is 1.99. The first-order valence-electron chi connectivity index (χ1n) is 11.1. The zero-order valence-corrected chi connectivity index (χ0v) is 17.5. The molecular formula is C24H26N4O3. The fraction of sp³-hybridized carbons (Fsp3) is 0.417. The standard InChI is InChI=1S/C24H26N4O3/c29-24(21-15-22(31-27-21)18-6-2-1-3-7-18)28-12-10-17(11-13-28)16-30-23-14-19-8-4-5-9-20(19)25-26-23/h1-3,6-7,14-15,17H,4-5,8-13,16H2. The third-order valence-electron chi connectivity index (χ3n) is 6.20. The SMILES string of the molecule is O=C(c1cc(-c2ccccc2)on1)N1CCC(COc2cc3c(nn2)CCCC3)CC1. The van der Waals surface area contributed by atoms with Crippen LogP contribution in [0.25, 0.3) is 11.3 Å². The van der Waals surface area contributed by atoms with Crippen molar-refractivity contribution in [2.45, 2.75) is 38.5 Å². The lowest BCUT2D eigenvalue weighted by Crippen LogP contribution is -2.39. The van der Waals surface area contributed by atoms with E-state index in [9.17, 15) is 4.79 Å². The van der Waals surface area contributed by atoms with Gasteiger partial charge in [0.05, 0.1) is 12.3 Å². The van der Waals surface area contributed by atoms with E-state index < -0.39 is 0 Å². The normalized spacial score (nSPS) is 16.7. The molecule has 31 heavy (non-hydrogen) atoms. The van der Waals surface area contributed by atoms with Crippen molar-refractivity contribution in [3.8, 4) is 17.2 Å². The Morgan fingerprint density at radius 1 is 1.06 bits per heavy atom. The van der Waals surface area contributed by atoms with E-state index in [4.69, 9.17) is 9.26 Å². The second-order valence-electron chi connectivity index (χ2n) is 8.35. The second-order valence-corrected chi connectivity index (χ2v) is 8.35. The maximum atomic E-state index is 12.8. The quantitative estimate of drug-likeness (QED) is 0.624. The van der Waals surface area contributed by atoms with Gasteiger partial charge in [-0.25, -0.2) is 0 Å². The zero-order valence-electron chi connectivity index (χ0n) is 17.5. The molecular weight excluding hydrogens is 392 g/mol. The van der Waals surface area contributed by atoms with Gasteiger partial charge in [-0.1, -0.05) is 35.5 Å². The predicted molar refractivity (Wildman–Crippen MR) is 115 cm³/mol. The van der Waals surface area contributed by atoms with Crippen LogP contribution in [-0.2, 0) is 12.8 Å². The molecule has 1 aromatic carbocycles. The number of aromatic nitrogens is 3. The highest BCUT2D eigenvalue weighted by atomic mass is 16.5. The first kappa shape index (κ1) is 19.7. The Hall–Kier alpha value is -3.22. The highest BCUT2D eigenvalue weighted by Crippen LogP contribution is 2.25. The van der Waals surface area contributed by atoms with Crippen molar-refractivity contribution in [1.29, 1.82) is 0 Å². The summed E-state index contributed by atoms with van der Waals surface area (Å²) in [6, 6.07) is 13.5. The maximum Gasteiger partial charge on any atom is 0.276 e. The number of hydrogen-bond donors (Lipinski definition) is 0. The van der Waals surface area contributed by atoms with Gasteiger partial charge in [-0.15, -0.1) is 5.10 Å². The molecule has 1 amide bonds. The molecule has 3 aromatic rings. The van der Waals surface area contributed by atoms with Crippen LogP contribution < -0.4 is 4.74 Å². The summed E-state index contributed by atoms with van der Waals surface area (Å²) in [7, 11) is 0. The number of amides is 1. The van der Waals surface area contributed by atoms with Crippen LogP contribution in [0, 0.1) is 5.92 Å². The molecule has 7 heteroatoms. The van der Waals surface area contributed by atoms with Gasteiger partial charge >= 0.3 is 0 Å². The highest BCUT2D eigenvalue weighted by Gasteiger charge is 2.26. The molecule has 160 valence electrons. The molecule has 1 fully saturated rings. The molecule has 0 bridgehead atoms. The van der Waals surface area contributed by atoms with E-state index in [2.05, 4.69) is 21.4 Å². The number of aryl methyl sites for hydroxylation is 2. The van der Waals surface area contributed by atoms with E-state index in [0.717, 1.165) is 36.9 Å². The van der Waals surface area contributed by atoms with Gasteiger partial charge in [-0.2, -0.15) is 5.10 Å². The van der Waals surface area contributed by atoms with Gasteiger partial charge in [0, 0.05) is 30.8 Å². The minimum Gasteiger partial charge on any atom is -0.476 e. The number of carbonyl (C=O) groups is 1. The Labute approximate surface area is 181 Å². The third-order valence-corrected chi connectivity index (χ3v) is 6.20. The first-order valence-corrected chi connectivity index (χ1v) is 11.1. The summed E-state index contributed by atoms with van der Waals surface area (Å²) in [5.41, 5.74) is 3.67. The number of benzene rings is 1. The second kappa shape index (κ2) is 8.88. The minimum absolute atomic E-state index is 0.0779. The summed E-state index contributed by atoms with van der Waals surface area (Å²) in [6.07, 6.45) is 6.29. The topological polar surface area (TPSA) is 81.4 Å². The molecule has 0 spiro atoms. The number of hydrogen-bond acceptors (Lipinski definition) is 6. The number of rotatable bonds is 5. The molecule has 3 heterocycles. The molecule has 7 nitrogen and oxygen atoms in total. The average Bonchev–Trinajstić information content (AvgIpc) is 3.33. The largest absolute Gasteiger partial charge is 0.476 e. The number of piperidine rings is 1. The summed E-state index contributed by atoms with van der Waals surface area (Å²) in [5.74, 6) is 1.55. The minimum atomic E-state index is -0.0779. The van der Waals surface area contributed by atoms with Crippen LogP contribution in [0.5, 0.6) is 5.88 Å². The van der Waals surface area contributed by atoms with Crippen molar-refractivity contribution in [2.75, 3.05) is 19.7 Å². The Morgan fingerprint density at radius 2 is 1.87 bits per heavy atom. The lowest BCUT2D eigenvalue weighted by Gasteiger charge is -2.31. The van der Waals surface area contributed by atoms with Crippen LogP contribution >= 0.6 is 0 Å². The van der Waals surface area contributed by atoms with Gasteiger partial charge in [0.15, 0.2) is 11.5 Å². The van der Waals surface area contributed by atoms with Crippen LogP contribution in [0.2, 0.25) is 0 Å². The monoisotopic (exact) mass is 418 g/mol. The molecule has 0 atom stereocenters. The fourth-order valence-electron chi connectivity index (χ4n) is 4.32. The molecule has 0 N–H and O–H groups in total. The van der Waals surface area contributed by atoms with Gasteiger partial charge in [0.1, 0.15) is 0 Å². The van der Waals surface area contributed by atoms with E-state index in [1.165, 1.54) is 18.4 Å². The summed E-state index contributed by atoms with van der Waals surface area (Å²) in [4.78, 5) is 14.7. The van der Waals surface area contributed by atoms with Crippen LogP contribution in [0.15, 0.2) is 47.0 Å². The average molecular weight is 418 g/mol. The van der Waals surface area contributed by atoms with E-state index in [1.807, 2.05) is 35.2 Å². The first-order chi connectivity index (χ1) is 15.3. The molecule has 1 aliphatic heterocycles. The Bertz CT molecular complexity index is 1040. The van der Waals surface area contributed by atoms with E-state index in [0.29, 0.717) is 42.9 Å². The van der Waals surface area contributed by atoms with Gasteiger partial charge in [0.2, 0.25) is 5.88 Å². The van der Waals surface area contributed by atoms with Crippen LogP contribution in [0.3, 0.4) is 0 Å². The Balaban J connectivity index is 1.13.